The molecule has 10 nitrogen and oxygen atoms in total. The maximum absolute atomic E-state index is 11.8. The van der Waals surface area contributed by atoms with E-state index in [1.54, 1.807) is 60.7 Å². The van der Waals surface area contributed by atoms with Gasteiger partial charge in [0, 0.05) is 5.56 Å². The van der Waals surface area contributed by atoms with Crippen molar-refractivity contribution in [1.82, 2.24) is 0 Å². The van der Waals surface area contributed by atoms with Crippen LogP contribution in [0.2, 0.25) is 0 Å². The Balaban J connectivity index is 0.000000449. The highest BCUT2D eigenvalue weighted by Crippen LogP contribution is 2.10. The third-order valence-corrected chi connectivity index (χ3v) is 5.03. The van der Waals surface area contributed by atoms with E-state index in [1.807, 2.05) is 6.07 Å². The number of aliphatic hydroxyl groups excluding tert-OH is 5. The van der Waals surface area contributed by atoms with Gasteiger partial charge in [-0.2, -0.15) is 0 Å². The first-order valence-electron chi connectivity index (χ1n) is 11.3. The first-order valence-corrected chi connectivity index (χ1v) is 11.3. The second-order valence-electron chi connectivity index (χ2n) is 7.83. The van der Waals surface area contributed by atoms with Crippen LogP contribution in [0.4, 0.5) is 0 Å². The van der Waals surface area contributed by atoms with Crippen molar-refractivity contribution in [2.24, 2.45) is 0 Å². The van der Waals surface area contributed by atoms with Crippen LogP contribution < -0.4 is 0 Å². The van der Waals surface area contributed by atoms with Crippen molar-refractivity contribution in [2.75, 3.05) is 13.2 Å². The minimum atomic E-state index is -1.82. The molecule has 0 amide bonds. The number of rotatable bonds is 10. The highest BCUT2D eigenvalue weighted by molar-refractivity contribution is 5.89. The van der Waals surface area contributed by atoms with Gasteiger partial charge in [-0.3, -0.25) is 0 Å². The molecule has 0 aliphatic carbocycles. The van der Waals surface area contributed by atoms with Crippen LogP contribution >= 0.6 is 0 Å². The fourth-order valence-electron chi connectivity index (χ4n) is 2.91. The summed E-state index contributed by atoms with van der Waals surface area (Å²) in [5.74, 6) is -1.42. The summed E-state index contributed by atoms with van der Waals surface area (Å²) in [5, 5.41) is 56.8. The van der Waals surface area contributed by atoms with Gasteiger partial charge in [0.25, 0.3) is 0 Å². The van der Waals surface area contributed by atoms with Gasteiger partial charge in [0.1, 0.15) is 37.6 Å². The highest BCUT2D eigenvalue weighted by Gasteiger charge is 2.32. The summed E-state index contributed by atoms with van der Waals surface area (Å²) in [7, 11) is 0. The maximum Gasteiger partial charge on any atom is 0.338 e. The summed E-state index contributed by atoms with van der Waals surface area (Å²) in [5.41, 5.74) is 1.05. The Morgan fingerprint density at radius 1 is 0.541 bits per heavy atom. The second kappa shape index (κ2) is 15.5. The van der Waals surface area contributed by atoms with Gasteiger partial charge in [0.05, 0.1) is 11.1 Å². The average molecular weight is 515 g/mol. The normalized spacial score (nSPS) is 13.9. The molecular formula is C27H30O10. The van der Waals surface area contributed by atoms with E-state index in [0.717, 1.165) is 0 Å². The third kappa shape index (κ3) is 10.1. The van der Waals surface area contributed by atoms with E-state index in [1.165, 1.54) is 24.3 Å². The van der Waals surface area contributed by atoms with Crippen molar-refractivity contribution in [3.63, 3.8) is 0 Å². The van der Waals surface area contributed by atoms with E-state index >= 15 is 0 Å². The Hall–Kier alpha value is -3.64. The molecule has 0 radical (unpaired) electrons. The molecule has 0 bridgehead atoms. The SMILES string of the molecule is O=C(OCC(O)C(O)C(O)C(O)COC(=O)c1ccccc1)c1ccccc1.OC(O)c1ccccc1. The number of hydrogen-bond acceptors (Lipinski definition) is 10. The van der Waals surface area contributed by atoms with Crippen molar-refractivity contribution < 1.29 is 49.7 Å². The van der Waals surface area contributed by atoms with Gasteiger partial charge >= 0.3 is 11.9 Å². The predicted molar refractivity (Wildman–Crippen MR) is 131 cm³/mol. The van der Waals surface area contributed by atoms with Crippen molar-refractivity contribution >= 4 is 11.9 Å². The molecule has 0 aromatic heterocycles. The molecule has 3 aromatic carbocycles. The number of carbonyl (C=O) groups is 2. The van der Waals surface area contributed by atoms with Crippen LogP contribution in [0, 0.1) is 0 Å². The fraction of sp³-hybridized carbons (Fsp3) is 0.259. The number of esters is 2. The van der Waals surface area contributed by atoms with E-state index in [9.17, 15) is 30.0 Å². The summed E-state index contributed by atoms with van der Waals surface area (Å²) in [6.07, 6.45) is -8.29. The Bertz CT molecular complexity index is 995. The lowest BCUT2D eigenvalue weighted by atomic mass is 10.0. The molecular weight excluding hydrogens is 484 g/mol. The molecule has 198 valence electrons. The fourth-order valence-corrected chi connectivity index (χ4v) is 2.91. The van der Waals surface area contributed by atoms with Crippen LogP contribution in [-0.2, 0) is 9.47 Å². The Labute approximate surface area is 213 Å². The first-order chi connectivity index (χ1) is 17.7. The van der Waals surface area contributed by atoms with Crippen LogP contribution in [0.1, 0.15) is 32.6 Å². The molecule has 3 aromatic rings. The molecule has 0 aliphatic heterocycles. The number of aliphatic hydroxyl groups is 6. The van der Waals surface area contributed by atoms with E-state index in [4.69, 9.17) is 19.7 Å². The van der Waals surface area contributed by atoms with E-state index < -0.39 is 55.9 Å². The van der Waals surface area contributed by atoms with Crippen LogP contribution in [-0.4, -0.2) is 80.2 Å². The quantitative estimate of drug-likeness (QED) is 0.168. The largest absolute Gasteiger partial charge is 0.459 e. The zero-order chi connectivity index (χ0) is 27.2. The number of hydrogen-bond donors (Lipinski definition) is 6. The van der Waals surface area contributed by atoms with Gasteiger partial charge in [-0.05, 0) is 24.3 Å². The lowest BCUT2D eigenvalue weighted by Gasteiger charge is -2.26. The molecule has 0 saturated carbocycles. The molecule has 0 spiro atoms. The van der Waals surface area contributed by atoms with E-state index in [2.05, 4.69) is 0 Å². The van der Waals surface area contributed by atoms with Gasteiger partial charge in [0.15, 0.2) is 6.29 Å². The smallest absolute Gasteiger partial charge is 0.338 e. The summed E-state index contributed by atoms with van der Waals surface area (Å²) in [6, 6.07) is 24.7. The topological polar surface area (TPSA) is 174 Å². The van der Waals surface area contributed by atoms with Gasteiger partial charge in [-0.1, -0.05) is 66.7 Å². The lowest BCUT2D eigenvalue weighted by Crippen LogP contribution is -2.48. The van der Waals surface area contributed by atoms with Crippen LogP contribution in [0.3, 0.4) is 0 Å². The highest BCUT2D eigenvalue weighted by atomic mass is 16.6. The standard InChI is InChI=1S/C20H22O8.C7H8O2/c21-15(11-27-19(25)13-7-3-1-4-8-13)17(23)18(24)16(22)12-28-20(26)14-9-5-2-6-10-14;8-7(9)6-4-2-1-3-5-6/h1-10,15-18,21-24H,11-12H2;1-5,7-9H. The van der Waals surface area contributed by atoms with Crippen molar-refractivity contribution in [3.8, 4) is 0 Å². The molecule has 4 unspecified atom stereocenters. The number of carbonyl (C=O) groups excluding carboxylic acids is 2. The van der Waals surface area contributed by atoms with Crippen molar-refractivity contribution in [1.29, 1.82) is 0 Å². The molecule has 0 heterocycles. The molecule has 10 heteroatoms. The Morgan fingerprint density at radius 2 is 0.865 bits per heavy atom. The molecule has 0 saturated heterocycles. The maximum atomic E-state index is 11.8. The van der Waals surface area contributed by atoms with Crippen LogP contribution in [0.5, 0.6) is 0 Å². The summed E-state index contributed by atoms with van der Waals surface area (Å²) in [6.45, 7) is -1.19. The van der Waals surface area contributed by atoms with Gasteiger partial charge in [-0.15, -0.1) is 0 Å². The van der Waals surface area contributed by atoms with Crippen LogP contribution in [0.25, 0.3) is 0 Å². The summed E-state index contributed by atoms with van der Waals surface area (Å²) < 4.78 is 9.74. The third-order valence-electron chi connectivity index (χ3n) is 5.03. The molecule has 6 N–H and O–H groups in total. The summed E-state index contributed by atoms with van der Waals surface area (Å²) in [4.78, 5) is 23.6. The number of ether oxygens (including phenoxy) is 2. The molecule has 4 atom stereocenters. The van der Waals surface area contributed by atoms with Crippen LogP contribution in [0.15, 0.2) is 91.0 Å². The van der Waals surface area contributed by atoms with Gasteiger partial charge < -0.3 is 40.1 Å². The number of benzene rings is 3. The predicted octanol–water partition coefficient (Wildman–Crippen LogP) is 0.814. The first kappa shape index (κ1) is 29.6. The zero-order valence-corrected chi connectivity index (χ0v) is 19.8. The van der Waals surface area contributed by atoms with Gasteiger partial charge in [0.2, 0.25) is 0 Å². The minimum absolute atomic E-state index is 0.262. The molecule has 0 aliphatic rings. The molecule has 37 heavy (non-hydrogen) atoms. The average Bonchev–Trinajstić information content (AvgIpc) is 2.95. The van der Waals surface area contributed by atoms with E-state index in [0.29, 0.717) is 5.56 Å². The monoisotopic (exact) mass is 514 g/mol. The Morgan fingerprint density at radius 3 is 1.16 bits per heavy atom. The zero-order valence-electron chi connectivity index (χ0n) is 19.8. The van der Waals surface area contributed by atoms with E-state index in [-0.39, 0.29) is 11.1 Å². The lowest BCUT2D eigenvalue weighted by molar-refractivity contribution is -0.125. The summed E-state index contributed by atoms with van der Waals surface area (Å²) >= 11 is 0. The molecule has 3 rings (SSSR count). The van der Waals surface area contributed by atoms with Crippen molar-refractivity contribution in [2.45, 2.75) is 30.7 Å². The second-order valence-corrected chi connectivity index (χ2v) is 7.83. The Kier molecular flexibility index (Phi) is 12.4. The van der Waals surface area contributed by atoms with Crippen molar-refractivity contribution in [3.05, 3.63) is 108 Å². The van der Waals surface area contributed by atoms with Gasteiger partial charge in [-0.25, -0.2) is 9.59 Å². The minimum Gasteiger partial charge on any atom is -0.459 e. The molecule has 0 fully saturated rings.